The van der Waals surface area contributed by atoms with Gasteiger partial charge in [-0.1, -0.05) is 30.3 Å². The second kappa shape index (κ2) is 3.55. The molecule has 2 aliphatic heterocycles. The normalized spacial score (nSPS) is 36.1. The minimum atomic E-state index is -2.96. The summed E-state index contributed by atoms with van der Waals surface area (Å²) in [7, 11) is -2.96. The molecule has 2 fully saturated rings. The Labute approximate surface area is 94.1 Å². The van der Waals surface area contributed by atoms with Gasteiger partial charge in [-0.2, -0.15) is 0 Å². The van der Waals surface area contributed by atoms with Crippen molar-refractivity contribution in [3.8, 4) is 0 Å². The van der Waals surface area contributed by atoms with E-state index < -0.39 is 16.1 Å². The van der Waals surface area contributed by atoms with E-state index >= 15 is 0 Å². The first-order valence-corrected chi connectivity index (χ1v) is 7.02. The van der Waals surface area contributed by atoms with Gasteiger partial charge < -0.3 is 9.47 Å². The van der Waals surface area contributed by atoms with E-state index in [0.717, 1.165) is 5.56 Å². The molecule has 0 bridgehead atoms. The lowest BCUT2D eigenvalue weighted by Crippen LogP contribution is -2.18. The molecule has 2 heterocycles. The molecule has 2 atom stereocenters. The summed E-state index contributed by atoms with van der Waals surface area (Å²) in [6, 6.07) is 9.57. The van der Waals surface area contributed by atoms with Crippen molar-refractivity contribution in [3.05, 3.63) is 35.9 Å². The van der Waals surface area contributed by atoms with Crippen LogP contribution in [0.3, 0.4) is 0 Å². The Morgan fingerprint density at radius 1 is 1.00 bits per heavy atom. The van der Waals surface area contributed by atoms with Crippen LogP contribution in [0, 0.1) is 0 Å². The summed E-state index contributed by atoms with van der Waals surface area (Å²) in [5.74, 6) is 0.169. The highest BCUT2D eigenvalue weighted by atomic mass is 32.2. The Balaban J connectivity index is 1.78. The number of hydrogen-bond acceptors (Lipinski definition) is 4. The lowest BCUT2D eigenvalue weighted by molar-refractivity contribution is -0.0658. The SMILES string of the molecule is O=S1(=O)CC2OC(c3ccccc3)OC2C1. The smallest absolute Gasteiger partial charge is 0.184 e. The Bertz CT molecular complexity index is 462. The summed E-state index contributed by atoms with van der Waals surface area (Å²) in [5, 5.41) is 0. The Morgan fingerprint density at radius 3 is 2.12 bits per heavy atom. The summed E-state index contributed by atoms with van der Waals surface area (Å²) in [6.07, 6.45) is -1.00. The summed E-state index contributed by atoms with van der Waals surface area (Å²) in [4.78, 5) is 0. The molecule has 0 aliphatic carbocycles. The average Bonchev–Trinajstić information content (AvgIpc) is 2.72. The first kappa shape index (κ1) is 10.3. The number of hydrogen-bond donors (Lipinski definition) is 0. The van der Waals surface area contributed by atoms with Crippen LogP contribution in [0.4, 0.5) is 0 Å². The van der Waals surface area contributed by atoms with Crippen molar-refractivity contribution >= 4 is 9.84 Å². The topological polar surface area (TPSA) is 52.6 Å². The van der Waals surface area contributed by atoms with E-state index in [1.54, 1.807) is 0 Å². The first-order chi connectivity index (χ1) is 7.64. The van der Waals surface area contributed by atoms with Crippen molar-refractivity contribution in [1.29, 1.82) is 0 Å². The highest BCUT2D eigenvalue weighted by molar-refractivity contribution is 7.91. The summed E-state index contributed by atoms with van der Waals surface area (Å²) in [6.45, 7) is 0. The van der Waals surface area contributed by atoms with Crippen LogP contribution in [0.1, 0.15) is 11.9 Å². The van der Waals surface area contributed by atoms with Gasteiger partial charge in [-0.25, -0.2) is 8.42 Å². The van der Waals surface area contributed by atoms with E-state index in [-0.39, 0.29) is 23.7 Å². The Hall–Kier alpha value is -0.910. The largest absolute Gasteiger partial charge is 0.341 e. The van der Waals surface area contributed by atoms with Crippen LogP contribution in [0.5, 0.6) is 0 Å². The summed E-state index contributed by atoms with van der Waals surface area (Å²) in [5.41, 5.74) is 0.939. The fraction of sp³-hybridized carbons (Fsp3) is 0.455. The maximum absolute atomic E-state index is 11.3. The van der Waals surface area contributed by atoms with Crippen LogP contribution in [0.15, 0.2) is 30.3 Å². The molecule has 0 aromatic heterocycles. The highest BCUT2D eigenvalue weighted by Crippen LogP contribution is 2.35. The molecule has 0 radical (unpaired) electrons. The highest BCUT2D eigenvalue weighted by Gasteiger charge is 2.46. The van der Waals surface area contributed by atoms with E-state index in [9.17, 15) is 8.42 Å². The van der Waals surface area contributed by atoms with Crippen LogP contribution >= 0.6 is 0 Å². The van der Waals surface area contributed by atoms with E-state index in [1.807, 2.05) is 30.3 Å². The van der Waals surface area contributed by atoms with Crippen LogP contribution < -0.4 is 0 Å². The molecule has 4 nitrogen and oxygen atoms in total. The maximum Gasteiger partial charge on any atom is 0.184 e. The quantitative estimate of drug-likeness (QED) is 0.731. The van der Waals surface area contributed by atoms with Crippen molar-refractivity contribution in [2.45, 2.75) is 18.5 Å². The van der Waals surface area contributed by atoms with E-state index in [1.165, 1.54) is 0 Å². The number of rotatable bonds is 1. The molecule has 0 spiro atoms. The monoisotopic (exact) mass is 240 g/mol. The molecule has 1 aromatic rings. The van der Waals surface area contributed by atoms with Crippen molar-refractivity contribution in [2.75, 3.05) is 11.5 Å². The Kier molecular flexibility index (Phi) is 2.27. The number of benzene rings is 1. The molecule has 16 heavy (non-hydrogen) atoms. The van der Waals surface area contributed by atoms with Gasteiger partial charge in [0.25, 0.3) is 0 Å². The molecule has 0 amide bonds. The second-order valence-electron chi connectivity index (χ2n) is 4.17. The zero-order valence-electron chi connectivity index (χ0n) is 8.57. The molecule has 86 valence electrons. The molecule has 3 rings (SSSR count). The van der Waals surface area contributed by atoms with Gasteiger partial charge in [0.05, 0.1) is 11.5 Å². The van der Waals surface area contributed by atoms with Gasteiger partial charge in [0.1, 0.15) is 12.2 Å². The average molecular weight is 240 g/mol. The van der Waals surface area contributed by atoms with Gasteiger partial charge >= 0.3 is 0 Å². The molecular formula is C11H12O4S. The van der Waals surface area contributed by atoms with Crippen molar-refractivity contribution in [2.24, 2.45) is 0 Å². The first-order valence-electron chi connectivity index (χ1n) is 5.20. The fourth-order valence-electron chi connectivity index (χ4n) is 2.15. The molecular weight excluding hydrogens is 228 g/mol. The molecule has 0 saturated carbocycles. The number of sulfone groups is 1. The van der Waals surface area contributed by atoms with Gasteiger partial charge in [0, 0.05) is 5.56 Å². The second-order valence-corrected chi connectivity index (χ2v) is 6.32. The molecule has 2 aliphatic rings. The Morgan fingerprint density at radius 2 is 1.56 bits per heavy atom. The predicted molar refractivity (Wildman–Crippen MR) is 57.6 cm³/mol. The zero-order valence-corrected chi connectivity index (χ0v) is 9.39. The van der Waals surface area contributed by atoms with Gasteiger partial charge in [0.15, 0.2) is 16.1 Å². The number of fused-ring (bicyclic) bond motifs is 1. The lowest BCUT2D eigenvalue weighted by Gasteiger charge is -2.11. The summed E-state index contributed by atoms with van der Waals surface area (Å²) >= 11 is 0. The van der Waals surface area contributed by atoms with Crippen LogP contribution in [0.2, 0.25) is 0 Å². The van der Waals surface area contributed by atoms with Crippen LogP contribution in [-0.2, 0) is 19.3 Å². The maximum atomic E-state index is 11.3. The molecule has 1 aromatic carbocycles. The third-order valence-electron chi connectivity index (χ3n) is 2.92. The third kappa shape index (κ3) is 1.75. The van der Waals surface area contributed by atoms with Crippen LogP contribution in [-0.4, -0.2) is 32.1 Å². The van der Waals surface area contributed by atoms with Crippen molar-refractivity contribution < 1.29 is 17.9 Å². The van der Waals surface area contributed by atoms with Gasteiger partial charge in [-0.3, -0.25) is 0 Å². The van der Waals surface area contributed by atoms with Gasteiger partial charge in [-0.05, 0) is 0 Å². The lowest BCUT2D eigenvalue weighted by atomic mass is 10.2. The predicted octanol–water partition coefficient (Wildman–Crippen LogP) is 0.898. The van der Waals surface area contributed by atoms with Crippen LogP contribution in [0.25, 0.3) is 0 Å². The third-order valence-corrected chi connectivity index (χ3v) is 4.59. The van der Waals surface area contributed by atoms with Gasteiger partial charge in [-0.15, -0.1) is 0 Å². The van der Waals surface area contributed by atoms with Gasteiger partial charge in [0.2, 0.25) is 0 Å². The summed E-state index contributed by atoms with van der Waals surface area (Å²) < 4.78 is 33.9. The zero-order chi connectivity index (χ0) is 11.2. The number of ether oxygens (including phenoxy) is 2. The molecule has 0 N–H and O–H groups in total. The van der Waals surface area contributed by atoms with E-state index in [2.05, 4.69) is 0 Å². The molecule has 2 unspecified atom stereocenters. The molecule has 5 heteroatoms. The standard InChI is InChI=1S/C11H12O4S/c12-16(13)6-9-10(7-16)15-11(14-9)8-4-2-1-3-5-8/h1-5,9-11H,6-7H2. The van der Waals surface area contributed by atoms with E-state index in [4.69, 9.17) is 9.47 Å². The molecule has 2 saturated heterocycles. The minimum Gasteiger partial charge on any atom is -0.341 e. The van der Waals surface area contributed by atoms with Crippen molar-refractivity contribution in [3.63, 3.8) is 0 Å². The minimum absolute atomic E-state index is 0.0843. The van der Waals surface area contributed by atoms with E-state index in [0.29, 0.717) is 0 Å². The fourth-order valence-corrected chi connectivity index (χ4v) is 3.88. The van der Waals surface area contributed by atoms with Crippen molar-refractivity contribution in [1.82, 2.24) is 0 Å².